The highest BCUT2D eigenvalue weighted by Gasteiger charge is 2.25. The van der Waals surface area contributed by atoms with E-state index in [0.29, 0.717) is 11.9 Å². The van der Waals surface area contributed by atoms with E-state index >= 15 is 0 Å². The number of hydrogen-bond acceptors (Lipinski definition) is 4. The average Bonchev–Trinajstić information content (AvgIpc) is 3.53. The Morgan fingerprint density at radius 1 is 1.08 bits per heavy atom. The van der Waals surface area contributed by atoms with Gasteiger partial charge in [-0.1, -0.05) is 54.6 Å². The van der Waals surface area contributed by atoms with Crippen molar-refractivity contribution in [3.8, 4) is 11.1 Å². The van der Waals surface area contributed by atoms with E-state index in [0.717, 1.165) is 29.5 Å². The smallest absolute Gasteiger partial charge is 0.293 e. The van der Waals surface area contributed by atoms with Crippen molar-refractivity contribution in [1.82, 2.24) is 9.55 Å². The van der Waals surface area contributed by atoms with Gasteiger partial charge in [0.2, 0.25) is 0 Å². The lowest BCUT2D eigenvalue weighted by Gasteiger charge is -2.14. The Morgan fingerprint density at radius 3 is 2.46 bits per heavy atom. The number of rotatable bonds is 6. The van der Waals surface area contributed by atoms with Gasteiger partial charge in [0.1, 0.15) is 0 Å². The van der Waals surface area contributed by atoms with Crippen molar-refractivity contribution in [2.75, 3.05) is 11.9 Å². The summed E-state index contributed by atoms with van der Waals surface area (Å²) in [5.74, 6) is 0.291. The second-order valence-corrected chi connectivity index (χ2v) is 6.60. The first-order chi connectivity index (χ1) is 12.7. The lowest BCUT2D eigenvalue weighted by molar-refractivity contribution is 0.191. The second kappa shape index (κ2) is 7.14. The molecule has 1 heterocycles. The van der Waals surface area contributed by atoms with Crippen molar-refractivity contribution < 1.29 is 5.11 Å². The van der Waals surface area contributed by atoms with Gasteiger partial charge in [-0.3, -0.25) is 4.79 Å². The number of aliphatic hydroxyl groups is 1. The van der Waals surface area contributed by atoms with Crippen LogP contribution in [0, 0.1) is 0 Å². The van der Waals surface area contributed by atoms with Crippen molar-refractivity contribution >= 4 is 5.82 Å². The minimum absolute atomic E-state index is 0.123. The van der Waals surface area contributed by atoms with Gasteiger partial charge in [-0.15, -0.1) is 0 Å². The Hall–Kier alpha value is -2.92. The van der Waals surface area contributed by atoms with Gasteiger partial charge in [-0.2, -0.15) is 0 Å². The average molecular weight is 347 g/mol. The van der Waals surface area contributed by atoms with E-state index in [1.807, 2.05) is 42.5 Å². The van der Waals surface area contributed by atoms with Crippen LogP contribution in [0.4, 0.5) is 5.82 Å². The standard InChI is InChI=1S/C21H21N3O2/c25-19(14-23-20-21(26)24(13-12-22-20)18-10-11-18)17-8-6-16(7-9-17)15-4-2-1-3-5-15/h1-9,12-13,18-19,25H,10-11,14H2,(H,22,23). The van der Waals surface area contributed by atoms with Gasteiger partial charge < -0.3 is 15.0 Å². The molecule has 3 aromatic rings. The largest absolute Gasteiger partial charge is 0.387 e. The molecule has 1 unspecified atom stereocenters. The zero-order valence-electron chi connectivity index (χ0n) is 14.4. The molecule has 0 bridgehead atoms. The maximum Gasteiger partial charge on any atom is 0.293 e. The van der Waals surface area contributed by atoms with Gasteiger partial charge in [-0.25, -0.2) is 4.98 Å². The van der Waals surface area contributed by atoms with E-state index < -0.39 is 6.10 Å². The fourth-order valence-electron chi connectivity index (χ4n) is 3.03. The molecule has 132 valence electrons. The summed E-state index contributed by atoms with van der Waals surface area (Å²) in [5, 5.41) is 13.4. The fourth-order valence-corrected chi connectivity index (χ4v) is 3.03. The molecule has 1 aliphatic rings. The molecular formula is C21H21N3O2. The predicted octanol–water partition coefficient (Wildman–Crippen LogP) is 3.39. The Labute approximate surface area is 152 Å². The van der Waals surface area contributed by atoms with Crippen LogP contribution < -0.4 is 10.9 Å². The summed E-state index contributed by atoms with van der Waals surface area (Å²) in [7, 11) is 0. The monoisotopic (exact) mass is 347 g/mol. The highest BCUT2D eigenvalue weighted by atomic mass is 16.3. The summed E-state index contributed by atoms with van der Waals surface area (Å²) in [4.78, 5) is 16.5. The first kappa shape index (κ1) is 16.5. The number of nitrogens with one attached hydrogen (secondary N) is 1. The Balaban J connectivity index is 1.43. The number of benzene rings is 2. The number of aromatic nitrogens is 2. The minimum Gasteiger partial charge on any atom is -0.387 e. The Bertz CT molecular complexity index is 931. The molecule has 26 heavy (non-hydrogen) atoms. The van der Waals surface area contributed by atoms with Gasteiger partial charge in [0, 0.05) is 25.0 Å². The van der Waals surface area contributed by atoms with Crippen molar-refractivity contribution in [1.29, 1.82) is 0 Å². The lowest BCUT2D eigenvalue weighted by Crippen LogP contribution is -2.25. The topological polar surface area (TPSA) is 67.2 Å². The van der Waals surface area contributed by atoms with Crippen LogP contribution in [0.1, 0.15) is 30.6 Å². The van der Waals surface area contributed by atoms with Crippen LogP contribution in [-0.4, -0.2) is 21.2 Å². The summed E-state index contributed by atoms with van der Waals surface area (Å²) in [6.07, 6.45) is 4.72. The van der Waals surface area contributed by atoms with E-state index in [-0.39, 0.29) is 12.1 Å². The molecule has 1 fully saturated rings. The molecule has 5 nitrogen and oxygen atoms in total. The highest BCUT2D eigenvalue weighted by Crippen LogP contribution is 2.33. The van der Waals surface area contributed by atoms with Crippen LogP contribution in [0.15, 0.2) is 71.8 Å². The molecule has 0 radical (unpaired) electrons. The van der Waals surface area contributed by atoms with Crippen molar-refractivity contribution in [2.24, 2.45) is 0 Å². The van der Waals surface area contributed by atoms with E-state index in [4.69, 9.17) is 0 Å². The number of aliphatic hydroxyl groups excluding tert-OH is 1. The quantitative estimate of drug-likeness (QED) is 0.717. The third-order valence-electron chi connectivity index (χ3n) is 4.67. The Kier molecular flexibility index (Phi) is 4.54. The van der Waals surface area contributed by atoms with Gasteiger partial charge in [0.25, 0.3) is 5.56 Å². The first-order valence-electron chi connectivity index (χ1n) is 8.87. The third-order valence-corrected chi connectivity index (χ3v) is 4.67. The molecule has 5 heteroatoms. The molecule has 4 rings (SSSR count). The summed E-state index contributed by atoms with van der Waals surface area (Å²) < 4.78 is 1.72. The van der Waals surface area contributed by atoms with Gasteiger partial charge in [0.15, 0.2) is 5.82 Å². The van der Waals surface area contributed by atoms with Gasteiger partial charge in [-0.05, 0) is 29.5 Å². The van der Waals surface area contributed by atoms with E-state index in [9.17, 15) is 9.90 Å². The van der Waals surface area contributed by atoms with Crippen LogP contribution in [0.2, 0.25) is 0 Å². The molecule has 1 aromatic heterocycles. The SMILES string of the molecule is O=c1c(NCC(O)c2ccc(-c3ccccc3)cc2)nccn1C1CC1. The third kappa shape index (κ3) is 3.53. The normalized spacial score (nSPS) is 14.8. The molecule has 1 aliphatic carbocycles. The molecular weight excluding hydrogens is 326 g/mol. The van der Waals surface area contributed by atoms with Crippen molar-refractivity contribution in [2.45, 2.75) is 25.0 Å². The summed E-state index contributed by atoms with van der Waals surface area (Å²) >= 11 is 0. The van der Waals surface area contributed by atoms with Gasteiger partial charge >= 0.3 is 0 Å². The molecule has 0 aliphatic heterocycles. The van der Waals surface area contributed by atoms with Crippen LogP contribution in [0.5, 0.6) is 0 Å². The van der Waals surface area contributed by atoms with E-state index in [2.05, 4.69) is 22.4 Å². The summed E-state index contributed by atoms with van der Waals surface area (Å²) in [5.41, 5.74) is 2.92. The van der Waals surface area contributed by atoms with Crippen molar-refractivity contribution in [3.05, 3.63) is 82.9 Å². The zero-order valence-corrected chi connectivity index (χ0v) is 14.4. The van der Waals surface area contributed by atoms with Crippen LogP contribution >= 0.6 is 0 Å². The van der Waals surface area contributed by atoms with Gasteiger partial charge in [0.05, 0.1) is 6.10 Å². The highest BCUT2D eigenvalue weighted by molar-refractivity contribution is 5.63. The Morgan fingerprint density at radius 2 is 1.77 bits per heavy atom. The number of hydrogen-bond donors (Lipinski definition) is 2. The zero-order chi connectivity index (χ0) is 17.9. The first-order valence-corrected chi connectivity index (χ1v) is 8.87. The molecule has 2 N–H and O–H groups in total. The van der Waals surface area contributed by atoms with Crippen LogP contribution in [0.25, 0.3) is 11.1 Å². The molecule has 0 amide bonds. The lowest BCUT2D eigenvalue weighted by atomic mass is 10.0. The van der Waals surface area contributed by atoms with E-state index in [1.165, 1.54) is 0 Å². The molecule has 1 saturated carbocycles. The summed E-state index contributed by atoms with van der Waals surface area (Å²) in [6, 6.07) is 18.2. The molecule has 0 saturated heterocycles. The maximum absolute atomic E-state index is 12.4. The second-order valence-electron chi connectivity index (χ2n) is 6.60. The number of nitrogens with zero attached hydrogens (tertiary/aromatic N) is 2. The maximum atomic E-state index is 12.4. The minimum atomic E-state index is -0.712. The van der Waals surface area contributed by atoms with E-state index in [1.54, 1.807) is 17.0 Å². The fraction of sp³-hybridized carbons (Fsp3) is 0.238. The molecule has 0 spiro atoms. The predicted molar refractivity (Wildman–Crippen MR) is 102 cm³/mol. The van der Waals surface area contributed by atoms with Crippen LogP contribution in [-0.2, 0) is 0 Å². The van der Waals surface area contributed by atoms with Crippen molar-refractivity contribution in [3.63, 3.8) is 0 Å². The number of anilines is 1. The molecule has 2 aromatic carbocycles. The van der Waals surface area contributed by atoms with Crippen LogP contribution in [0.3, 0.4) is 0 Å². The molecule has 1 atom stereocenters. The summed E-state index contributed by atoms with van der Waals surface area (Å²) in [6.45, 7) is 0.238.